The topological polar surface area (TPSA) is 49.7 Å². The fraction of sp³-hybridized carbons (Fsp3) is 0.0417. The molecule has 0 fully saturated rings. The lowest BCUT2D eigenvalue weighted by Crippen LogP contribution is -2.26. The second-order valence-electron chi connectivity index (χ2n) is 6.94. The first-order valence-corrected chi connectivity index (χ1v) is 12.5. The molecule has 0 unspecified atom stereocenters. The number of hydrogen-bond donors (Lipinski definition) is 0. The monoisotopic (exact) mass is 494 g/mol. The van der Waals surface area contributed by atoms with Gasteiger partial charge in [-0.15, -0.1) is 0 Å². The van der Waals surface area contributed by atoms with Crippen LogP contribution in [0.15, 0.2) is 92.5 Å². The van der Waals surface area contributed by atoms with Crippen LogP contribution in [0.25, 0.3) is 6.08 Å². The molecule has 0 radical (unpaired) electrons. The Kier molecular flexibility index (Phi) is 6.15. The molecule has 0 atom stereocenters. The number of nitrogens with zero attached hydrogens (tertiary/aromatic N) is 2. The molecule has 2 heterocycles. The van der Waals surface area contributed by atoms with Crippen molar-refractivity contribution < 1.29 is 9.59 Å². The third-order valence-electron chi connectivity index (χ3n) is 4.79. The first-order valence-electron chi connectivity index (χ1n) is 9.69. The number of anilines is 2. The van der Waals surface area contributed by atoms with Crippen molar-refractivity contribution in [1.82, 2.24) is 0 Å². The smallest absolute Gasteiger partial charge is 0.285 e. The van der Waals surface area contributed by atoms with Crippen molar-refractivity contribution in [2.24, 2.45) is 4.99 Å². The van der Waals surface area contributed by atoms with Gasteiger partial charge in [-0.25, -0.2) is 0 Å². The maximum Gasteiger partial charge on any atom is 0.285 e. The van der Waals surface area contributed by atoms with Crippen LogP contribution >= 0.6 is 46.9 Å². The number of hydrogen-bond acceptors (Lipinski definition) is 6. The number of para-hydroxylation sites is 2. The molecule has 2 aliphatic rings. The zero-order valence-corrected chi connectivity index (χ0v) is 19.7. The van der Waals surface area contributed by atoms with Gasteiger partial charge in [0, 0.05) is 14.8 Å². The van der Waals surface area contributed by atoms with Gasteiger partial charge < -0.3 is 4.90 Å². The maximum absolute atomic E-state index is 13.0. The van der Waals surface area contributed by atoms with Gasteiger partial charge in [-0.1, -0.05) is 71.5 Å². The summed E-state index contributed by atoms with van der Waals surface area (Å²) in [5.74, 6) is -0.328. The summed E-state index contributed by atoms with van der Waals surface area (Å²) in [6.07, 6.45) is 1.76. The fourth-order valence-electron chi connectivity index (χ4n) is 3.35. The van der Waals surface area contributed by atoms with Crippen LogP contribution in [0.2, 0.25) is 5.02 Å². The summed E-state index contributed by atoms with van der Waals surface area (Å²) in [5, 5.41) is 0.559. The van der Waals surface area contributed by atoms with Crippen LogP contribution in [-0.2, 0) is 9.59 Å². The van der Waals surface area contributed by atoms with Crippen molar-refractivity contribution in [3.63, 3.8) is 0 Å². The van der Waals surface area contributed by atoms with Crippen LogP contribution in [0.5, 0.6) is 0 Å². The lowest BCUT2D eigenvalue weighted by molar-refractivity contribution is -0.113. The highest BCUT2D eigenvalue weighted by atomic mass is 35.5. The number of aliphatic imine (C=N–C) groups is 1. The van der Waals surface area contributed by atoms with E-state index in [1.165, 1.54) is 11.8 Å². The molecule has 158 valence electrons. The first-order chi connectivity index (χ1) is 15.6. The molecule has 0 spiro atoms. The van der Waals surface area contributed by atoms with E-state index in [-0.39, 0.29) is 17.6 Å². The van der Waals surface area contributed by atoms with Gasteiger partial charge in [-0.05, 0) is 59.8 Å². The zero-order valence-electron chi connectivity index (χ0n) is 16.5. The van der Waals surface area contributed by atoms with Crippen LogP contribution in [0.4, 0.5) is 11.4 Å². The summed E-state index contributed by atoms with van der Waals surface area (Å²) < 4.78 is 0.452. The summed E-state index contributed by atoms with van der Waals surface area (Å²) in [7, 11) is 0. The minimum Gasteiger partial charge on any atom is -0.331 e. The summed E-state index contributed by atoms with van der Waals surface area (Å²) in [6.45, 7) is 0.184. The fourth-order valence-corrected chi connectivity index (χ4v) is 6.45. The Hall–Kier alpha value is -2.45. The Labute approximate surface area is 203 Å². The number of amides is 1. The second-order valence-corrected chi connectivity index (χ2v) is 10.8. The molecule has 0 aliphatic carbocycles. The normalized spacial score (nSPS) is 16.0. The van der Waals surface area contributed by atoms with E-state index >= 15 is 0 Å². The highest BCUT2D eigenvalue weighted by Crippen LogP contribution is 2.48. The molecule has 4 nitrogen and oxygen atoms in total. The quantitative estimate of drug-likeness (QED) is 0.370. The van der Waals surface area contributed by atoms with E-state index in [0.29, 0.717) is 14.3 Å². The van der Waals surface area contributed by atoms with Gasteiger partial charge in [-0.3, -0.25) is 9.59 Å². The standard InChI is InChI=1S/C24H15ClN2O2S3/c25-16-11-9-15(10-12-16)13-21-23(29)26-24(31-21)32-22(28)14-27-17-5-1-3-7-19(17)30-20-8-4-2-6-18(20)27/h1-13H,14H2. The van der Waals surface area contributed by atoms with Crippen molar-refractivity contribution in [3.8, 4) is 0 Å². The van der Waals surface area contributed by atoms with E-state index in [9.17, 15) is 9.59 Å². The summed E-state index contributed by atoms with van der Waals surface area (Å²) in [5.41, 5.74) is 2.87. The van der Waals surface area contributed by atoms with Gasteiger partial charge in [0.15, 0.2) is 0 Å². The Morgan fingerprint density at radius 1 is 0.938 bits per heavy atom. The molecule has 0 saturated carbocycles. The molecule has 0 bridgehead atoms. The average Bonchev–Trinajstić information content (AvgIpc) is 3.13. The highest BCUT2D eigenvalue weighted by molar-refractivity contribution is 8.46. The molecule has 3 aromatic carbocycles. The molecule has 8 heteroatoms. The SMILES string of the molecule is O=C(CN1c2ccccc2Sc2ccccc21)SC1=NC(=O)C(=Cc2ccc(Cl)cc2)S1. The number of carbonyl (C=O) groups excluding carboxylic acids is 2. The lowest BCUT2D eigenvalue weighted by atomic mass is 10.2. The predicted molar refractivity (Wildman–Crippen MR) is 136 cm³/mol. The Morgan fingerprint density at radius 3 is 2.22 bits per heavy atom. The first kappa shape index (κ1) is 21.4. The van der Waals surface area contributed by atoms with Crippen LogP contribution in [0.3, 0.4) is 0 Å². The largest absolute Gasteiger partial charge is 0.331 e. The zero-order chi connectivity index (χ0) is 22.1. The molecular weight excluding hydrogens is 480 g/mol. The van der Waals surface area contributed by atoms with Gasteiger partial charge in [0.25, 0.3) is 5.91 Å². The van der Waals surface area contributed by atoms with Gasteiger partial charge in [0.05, 0.1) is 22.8 Å². The predicted octanol–water partition coefficient (Wildman–Crippen LogP) is 6.87. The number of halogens is 1. The van der Waals surface area contributed by atoms with Crippen LogP contribution in [0.1, 0.15) is 5.56 Å². The molecule has 2 aliphatic heterocycles. The lowest BCUT2D eigenvalue weighted by Gasteiger charge is -2.32. The van der Waals surface area contributed by atoms with Crippen LogP contribution in [-0.4, -0.2) is 21.9 Å². The van der Waals surface area contributed by atoms with Crippen molar-refractivity contribution in [3.05, 3.63) is 88.3 Å². The minimum absolute atomic E-state index is 0.0756. The molecular formula is C24H15ClN2O2S3. The van der Waals surface area contributed by atoms with Crippen LogP contribution < -0.4 is 4.90 Å². The number of rotatable bonds is 3. The van der Waals surface area contributed by atoms with E-state index < -0.39 is 0 Å². The van der Waals surface area contributed by atoms with E-state index in [0.717, 1.165) is 38.5 Å². The van der Waals surface area contributed by atoms with Crippen molar-refractivity contribution in [2.75, 3.05) is 11.4 Å². The highest BCUT2D eigenvalue weighted by Gasteiger charge is 2.28. The molecule has 3 aromatic rings. The molecule has 32 heavy (non-hydrogen) atoms. The van der Waals surface area contributed by atoms with E-state index in [1.54, 1.807) is 30.0 Å². The molecule has 5 rings (SSSR count). The third-order valence-corrected chi connectivity index (χ3v) is 8.07. The molecule has 0 N–H and O–H groups in total. The average molecular weight is 495 g/mol. The molecule has 0 aromatic heterocycles. The molecule has 0 saturated heterocycles. The summed E-state index contributed by atoms with van der Waals surface area (Å²) >= 11 is 9.86. The van der Waals surface area contributed by atoms with Crippen molar-refractivity contribution >= 4 is 79.7 Å². The van der Waals surface area contributed by atoms with Gasteiger partial charge in [-0.2, -0.15) is 4.99 Å². The third kappa shape index (κ3) is 4.52. The van der Waals surface area contributed by atoms with Gasteiger partial charge in [0.2, 0.25) is 5.12 Å². The minimum atomic E-state index is -0.328. The molecule has 1 amide bonds. The van der Waals surface area contributed by atoms with E-state index in [1.807, 2.05) is 53.4 Å². The van der Waals surface area contributed by atoms with Crippen molar-refractivity contribution in [1.29, 1.82) is 0 Å². The van der Waals surface area contributed by atoms with Gasteiger partial charge >= 0.3 is 0 Å². The van der Waals surface area contributed by atoms with E-state index in [4.69, 9.17) is 11.6 Å². The van der Waals surface area contributed by atoms with Crippen LogP contribution in [0, 0.1) is 0 Å². The Morgan fingerprint density at radius 2 is 1.56 bits per heavy atom. The number of carbonyl (C=O) groups is 2. The number of thioether (sulfide) groups is 2. The maximum atomic E-state index is 13.0. The second kappa shape index (κ2) is 9.19. The number of benzene rings is 3. The van der Waals surface area contributed by atoms with Crippen molar-refractivity contribution in [2.45, 2.75) is 9.79 Å². The van der Waals surface area contributed by atoms with Gasteiger partial charge in [0.1, 0.15) is 4.38 Å². The summed E-state index contributed by atoms with van der Waals surface area (Å²) in [4.78, 5) is 34.1. The Balaban J connectivity index is 1.31. The van der Waals surface area contributed by atoms with E-state index in [2.05, 4.69) is 17.1 Å². The number of fused-ring (bicyclic) bond motifs is 2. The summed E-state index contributed by atoms with van der Waals surface area (Å²) in [6, 6.07) is 23.3. The Bertz CT molecular complexity index is 1240.